The molecule has 0 bridgehead atoms. The minimum absolute atomic E-state index is 0.368. The number of carbonyl (C=O) groups is 1. The zero-order chi connectivity index (χ0) is 13.8. The summed E-state index contributed by atoms with van der Waals surface area (Å²) in [6, 6.07) is 9.81. The lowest BCUT2D eigenvalue weighted by Crippen LogP contribution is -2.22. The standard InChI is InChI=1S/C15H18N2O2/c1-3-11(15(18)19)9-16-14-8-10(2)17-13-7-5-4-6-12(13)14/h4-8,11H,3,9H2,1-2H3,(H,16,17)(H,18,19). The van der Waals surface area contributed by atoms with Crippen LogP contribution in [0.25, 0.3) is 10.9 Å². The number of aliphatic carboxylic acids is 1. The highest BCUT2D eigenvalue weighted by molar-refractivity contribution is 5.91. The first-order valence-corrected chi connectivity index (χ1v) is 6.45. The van der Waals surface area contributed by atoms with Crippen molar-refractivity contribution in [2.75, 3.05) is 11.9 Å². The fourth-order valence-electron chi connectivity index (χ4n) is 2.09. The van der Waals surface area contributed by atoms with E-state index in [0.717, 1.165) is 22.3 Å². The van der Waals surface area contributed by atoms with E-state index in [-0.39, 0.29) is 5.92 Å². The Labute approximate surface area is 112 Å². The number of benzene rings is 1. The molecule has 1 atom stereocenters. The van der Waals surface area contributed by atoms with E-state index in [9.17, 15) is 4.79 Å². The van der Waals surface area contributed by atoms with E-state index in [1.165, 1.54) is 0 Å². The molecule has 0 aliphatic rings. The van der Waals surface area contributed by atoms with Gasteiger partial charge >= 0.3 is 5.97 Å². The first-order valence-electron chi connectivity index (χ1n) is 6.45. The summed E-state index contributed by atoms with van der Waals surface area (Å²) in [4.78, 5) is 15.5. The summed E-state index contributed by atoms with van der Waals surface area (Å²) >= 11 is 0. The van der Waals surface area contributed by atoms with Crippen LogP contribution < -0.4 is 5.32 Å². The number of nitrogens with zero attached hydrogens (tertiary/aromatic N) is 1. The number of aryl methyl sites for hydroxylation is 1. The number of hydrogen-bond donors (Lipinski definition) is 2. The smallest absolute Gasteiger partial charge is 0.308 e. The largest absolute Gasteiger partial charge is 0.481 e. The summed E-state index contributed by atoms with van der Waals surface area (Å²) < 4.78 is 0. The minimum atomic E-state index is -0.759. The Morgan fingerprint density at radius 2 is 2.16 bits per heavy atom. The van der Waals surface area contributed by atoms with E-state index in [0.29, 0.717) is 13.0 Å². The second-order valence-corrected chi connectivity index (χ2v) is 4.65. The molecule has 4 heteroatoms. The van der Waals surface area contributed by atoms with Crippen molar-refractivity contribution >= 4 is 22.6 Å². The number of hydrogen-bond acceptors (Lipinski definition) is 3. The molecule has 1 aromatic carbocycles. The topological polar surface area (TPSA) is 62.2 Å². The Bertz CT molecular complexity index is 596. The zero-order valence-corrected chi connectivity index (χ0v) is 11.2. The minimum Gasteiger partial charge on any atom is -0.481 e. The van der Waals surface area contributed by atoms with Gasteiger partial charge in [0.1, 0.15) is 0 Å². The van der Waals surface area contributed by atoms with Gasteiger partial charge in [0.15, 0.2) is 0 Å². The summed E-state index contributed by atoms with van der Waals surface area (Å²) in [5, 5.41) is 13.3. The molecule has 0 saturated carbocycles. The highest BCUT2D eigenvalue weighted by Crippen LogP contribution is 2.23. The van der Waals surface area contributed by atoms with Crippen molar-refractivity contribution in [3.8, 4) is 0 Å². The Morgan fingerprint density at radius 3 is 2.84 bits per heavy atom. The number of carboxylic acid groups (broad SMARTS) is 1. The van der Waals surface area contributed by atoms with Crippen LogP contribution in [-0.2, 0) is 4.79 Å². The lowest BCUT2D eigenvalue weighted by molar-refractivity contribution is -0.141. The Balaban J connectivity index is 2.27. The number of pyridine rings is 1. The van der Waals surface area contributed by atoms with Crippen molar-refractivity contribution in [3.63, 3.8) is 0 Å². The van der Waals surface area contributed by atoms with Crippen LogP contribution >= 0.6 is 0 Å². The van der Waals surface area contributed by atoms with E-state index in [4.69, 9.17) is 5.11 Å². The van der Waals surface area contributed by atoms with Gasteiger partial charge in [0.2, 0.25) is 0 Å². The van der Waals surface area contributed by atoms with Crippen molar-refractivity contribution in [1.29, 1.82) is 0 Å². The molecule has 2 rings (SSSR count). The van der Waals surface area contributed by atoms with Crippen LogP contribution in [0.1, 0.15) is 19.0 Å². The van der Waals surface area contributed by atoms with Gasteiger partial charge in [-0.05, 0) is 25.5 Å². The molecule has 1 aromatic heterocycles. The summed E-state index contributed by atoms with van der Waals surface area (Å²) in [6.45, 7) is 4.25. The van der Waals surface area contributed by atoms with Gasteiger partial charge in [0.25, 0.3) is 0 Å². The number of carboxylic acids is 1. The van der Waals surface area contributed by atoms with Crippen LogP contribution in [0.5, 0.6) is 0 Å². The molecule has 1 unspecified atom stereocenters. The van der Waals surface area contributed by atoms with Crippen LogP contribution in [0.3, 0.4) is 0 Å². The lowest BCUT2D eigenvalue weighted by atomic mass is 10.1. The highest BCUT2D eigenvalue weighted by Gasteiger charge is 2.15. The molecule has 1 heterocycles. The van der Waals surface area contributed by atoms with Crippen LogP contribution in [0.2, 0.25) is 0 Å². The fourth-order valence-corrected chi connectivity index (χ4v) is 2.09. The molecule has 0 radical (unpaired) electrons. The van der Waals surface area contributed by atoms with Crippen LogP contribution in [-0.4, -0.2) is 22.6 Å². The maximum Gasteiger partial charge on any atom is 0.308 e. The van der Waals surface area contributed by atoms with E-state index >= 15 is 0 Å². The average molecular weight is 258 g/mol. The van der Waals surface area contributed by atoms with E-state index in [2.05, 4.69) is 10.3 Å². The van der Waals surface area contributed by atoms with E-state index in [1.807, 2.05) is 44.2 Å². The van der Waals surface area contributed by atoms with Crippen molar-refractivity contribution in [2.45, 2.75) is 20.3 Å². The molecular weight excluding hydrogens is 240 g/mol. The third-order valence-electron chi connectivity index (χ3n) is 3.23. The average Bonchev–Trinajstić information content (AvgIpc) is 2.38. The second-order valence-electron chi connectivity index (χ2n) is 4.65. The normalized spacial score (nSPS) is 12.3. The Hall–Kier alpha value is -2.10. The highest BCUT2D eigenvalue weighted by atomic mass is 16.4. The Kier molecular flexibility index (Phi) is 4.00. The molecular formula is C15H18N2O2. The number of aromatic nitrogens is 1. The number of fused-ring (bicyclic) bond motifs is 1. The van der Waals surface area contributed by atoms with Gasteiger partial charge in [-0.25, -0.2) is 0 Å². The quantitative estimate of drug-likeness (QED) is 0.865. The maximum atomic E-state index is 11.0. The predicted octanol–water partition coefficient (Wildman–Crippen LogP) is 3.07. The van der Waals surface area contributed by atoms with Gasteiger partial charge in [-0.15, -0.1) is 0 Å². The predicted molar refractivity (Wildman–Crippen MR) is 76.4 cm³/mol. The van der Waals surface area contributed by atoms with Gasteiger partial charge in [0, 0.05) is 23.3 Å². The fraction of sp³-hybridized carbons (Fsp3) is 0.333. The first kappa shape index (κ1) is 13.3. The summed E-state index contributed by atoms with van der Waals surface area (Å²) in [5.41, 5.74) is 2.79. The molecule has 0 spiro atoms. The SMILES string of the molecule is CCC(CNc1cc(C)nc2ccccc12)C(=O)O. The summed E-state index contributed by atoms with van der Waals surface area (Å²) in [7, 11) is 0. The number of nitrogens with one attached hydrogen (secondary N) is 1. The lowest BCUT2D eigenvalue weighted by Gasteiger charge is -2.14. The molecule has 2 N–H and O–H groups in total. The molecule has 100 valence electrons. The molecule has 0 amide bonds. The molecule has 0 aliphatic carbocycles. The maximum absolute atomic E-state index is 11.0. The van der Waals surface area contributed by atoms with Gasteiger partial charge in [-0.2, -0.15) is 0 Å². The second kappa shape index (κ2) is 5.69. The first-order chi connectivity index (χ1) is 9.11. The monoisotopic (exact) mass is 258 g/mol. The van der Waals surface area contributed by atoms with E-state index < -0.39 is 5.97 Å². The van der Waals surface area contributed by atoms with Gasteiger partial charge in [-0.3, -0.25) is 9.78 Å². The molecule has 0 fully saturated rings. The van der Waals surface area contributed by atoms with Gasteiger partial charge < -0.3 is 10.4 Å². The number of rotatable bonds is 5. The van der Waals surface area contributed by atoms with Crippen molar-refractivity contribution in [2.24, 2.45) is 5.92 Å². The van der Waals surface area contributed by atoms with E-state index in [1.54, 1.807) is 0 Å². The Morgan fingerprint density at radius 1 is 1.42 bits per heavy atom. The molecule has 4 nitrogen and oxygen atoms in total. The molecule has 2 aromatic rings. The summed E-state index contributed by atoms with van der Waals surface area (Å²) in [5.74, 6) is -1.13. The third kappa shape index (κ3) is 3.02. The summed E-state index contributed by atoms with van der Waals surface area (Å²) in [6.07, 6.45) is 0.615. The number of anilines is 1. The van der Waals surface area contributed by atoms with Gasteiger partial charge in [0.05, 0.1) is 11.4 Å². The van der Waals surface area contributed by atoms with Gasteiger partial charge in [-0.1, -0.05) is 25.1 Å². The molecule has 0 saturated heterocycles. The third-order valence-corrected chi connectivity index (χ3v) is 3.23. The zero-order valence-electron chi connectivity index (χ0n) is 11.2. The van der Waals surface area contributed by atoms with Crippen molar-refractivity contribution < 1.29 is 9.90 Å². The molecule has 19 heavy (non-hydrogen) atoms. The van der Waals surface area contributed by atoms with Crippen LogP contribution in [0.4, 0.5) is 5.69 Å². The van der Waals surface area contributed by atoms with Crippen molar-refractivity contribution in [1.82, 2.24) is 4.98 Å². The van der Waals surface area contributed by atoms with Crippen molar-refractivity contribution in [3.05, 3.63) is 36.0 Å². The molecule has 0 aliphatic heterocycles. The van der Waals surface area contributed by atoms with Crippen LogP contribution in [0, 0.1) is 12.8 Å². The van der Waals surface area contributed by atoms with Crippen LogP contribution in [0.15, 0.2) is 30.3 Å². The number of para-hydroxylation sites is 1.